The van der Waals surface area contributed by atoms with Crippen LogP contribution in [0.3, 0.4) is 0 Å². The van der Waals surface area contributed by atoms with Crippen molar-refractivity contribution >= 4 is 5.78 Å². The van der Waals surface area contributed by atoms with Crippen LogP contribution < -0.4 is 0 Å². The molecule has 1 aliphatic heterocycles. The minimum atomic E-state index is 0.0881. The largest absolute Gasteiger partial charge is 0.381 e. The van der Waals surface area contributed by atoms with Gasteiger partial charge in [-0.05, 0) is 6.42 Å². The number of nitrogens with zero attached hydrogens (tertiary/aromatic N) is 1. The molecule has 2 rings (SSSR count). The van der Waals surface area contributed by atoms with Crippen molar-refractivity contribution in [1.29, 1.82) is 0 Å². The third-order valence-corrected chi connectivity index (χ3v) is 2.28. The van der Waals surface area contributed by atoms with Crippen LogP contribution in [0.1, 0.15) is 12.2 Å². The normalized spacial score (nSPS) is 22.0. The minimum absolute atomic E-state index is 0.0881. The average molecular weight is 180 g/mol. The van der Waals surface area contributed by atoms with Crippen LogP contribution in [0.25, 0.3) is 0 Å². The van der Waals surface area contributed by atoms with Crippen LogP contribution in [-0.2, 0) is 16.0 Å². The summed E-state index contributed by atoms with van der Waals surface area (Å²) < 4.78 is 5.15. The SMILES string of the molecule is O=C(Cc1ncc[nH]1)C1CCOC1. The first-order valence-electron chi connectivity index (χ1n) is 4.45. The van der Waals surface area contributed by atoms with Crippen LogP contribution in [-0.4, -0.2) is 29.0 Å². The number of rotatable bonds is 3. The van der Waals surface area contributed by atoms with Gasteiger partial charge in [0.15, 0.2) is 0 Å². The molecule has 1 N–H and O–H groups in total. The molecule has 0 saturated carbocycles. The highest BCUT2D eigenvalue weighted by molar-refractivity contribution is 5.82. The highest BCUT2D eigenvalue weighted by Crippen LogP contribution is 2.14. The molecular weight excluding hydrogens is 168 g/mol. The van der Waals surface area contributed by atoms with Crippen LogP contribution in [0, 0.1) is 5.92 Å². The molecule has 13 heavy (non-hydrogen) atoms. The fourth-order valence-corrected chi connectivity index (χ4v) is 1.49. The zero-order valence-electron chi connectivity index (χ0n) is 7.32. The topological polar surface area (TPSA) is 55.0 Å². The summed E-state index contributed by atoms with van der Waals surface area (Å²) in [4.78, 5) is 18.5. The number of carbonyl (C=O) groups excluding carboxylic acids is 1. The van der Waals surface area contributed by atoms with Crippen molar-refractivity contribution in [2.24, 2.45) is 5.92 Å². The number of nitrogens with one attached hydrogen (secondary N) is 1. The molecule has 1 fully saturated rings. The van der Waals surface area contributed by atoms with Crippen molar-refractivity contribution in [1.82, 2.24) is 9.97 Å². The van der Waals surface area contributed by atoms with Gasteiger partial charge >= 0.3 is 0 Å². The summed E-state index contributed by atoms with van der Waals surface area (Å²) in [5, 5.41) is 0. The van der Waals surface area contributed by atoms with Crippen molar-refractivity contribution < 1.29 is 9.53 Å². The van der Waals surface area contributed by atoms with E-state index in [-0.39, 0.29) is 11.7 Å². The predicted octanol–water partition coefficient (Wildman–Crippen LogP) is 0.558. The first kappa shape index (κ1) is 8.44. The second kappa shape index (κ2) is 3.70. The zero-order valence-corrected chi connectivity index (χ0v) is 7.32. The number of imidazole rings is 1. The van der Waals surface area contributed by atoms with Gasteiger partial charge in [-0.2, -0.15) is 0 Å². The second-order valence-electron chi connectivity index (χ2n) is 3.24. The van der Waals surface area contributed by atoms with E-state index < -0.39 is 0 Å². The molecule has 1 aliphatic rings. The van der Waals surface area contributed by atoms with Crippen LogP contribution in [0.2, 0.25) is 0 Å². The Labute approximate surface area is 76.3 Å². The Morgan fingerprint density at radius 2 is 2.69 bits per heavy atom. The number of hydrogen-bond acceptors (Lipinski definition) is 3. The van der Waals surface area contributed by atoms with Gasteiger partial charge in [0.25, 0.3) is 0 Å². The molecule has 1 aromatic heterocycles. The summed E-state index contributed by atoms with van der Waals surface area (Å²) in [6.45, 7) is 1.30. The van der Waals surface area contributed by atoms with Gasteiger partial charge in [0.1, 0.15) is 11.6 Å². The zero-order chi connectivity index (χ0) is 9.10. The van der Waals surface area contributed by atoms with E-state index in [1.165, 1.54) is 0 Å². The number of hydrogen-bond donors (Lipinski definition) is 1. The van der Waals surface area contributed by atoms with E-state index in [0.29, 0.717) is 19.6 Å². The number of aromatic nitrogens is 2. The number of ether oxygens (including phenoxy) is 1. The Balaban J connectivity index is 1.91. The van der Waals surface area contributed by atoms with E-state index >= 15 is 0 Å². The summed E-state index contributed by atoms with van der Waals surface area (Å²) in [5.74, 6) is 1.06. The van der Waals surface area contributed by atoms with Gasteiger partial charge in [-0.15, -0.1) is 0 Å². The number of H-pyrrole nitrogens is 1. The van der Waals surface area contributed by atoms with E-state index in [2.05, 4.69) is 9.97 Å². The standard InChI is InChI=1S/C9H12N2O2/c12-8(7-1-4-13-6-7)5-9-10-2-3-11-9/h2-3,7H,1,4-6H2,(H,10,11). The lowest BCUT2D eigenvalue weighted by Gasteiger charge is -2.03. The Morgan fingerprint density at radius 3 is 3.31 bits per heavy atom. The highest BCUT2D eigenvalue weighted by atomic mass is 16.5. The van der Waals surface area contributed by atoms with Gasteiger partial charge in [0.05, 0.1) is 13.0 Å². The van der Waals surface area contributed by atoms with E-state index in [1.54, 1.807) is 12.4 Å². The van der Waals surface area contributed by atoms with E-state index in [9.17, 15) is 4.79 Å². The molecule has 2 heterocycles. The summed E-state index contributed by atoms with van der Waals surface area (Å²) in [7, 11) is 0. The maximum absolute atomic E-state index is 11.6. The van der Waals surface area contributed by atoms with Gasteiger partial charge in [0, 0.05) is 24.9 Å². The first-order chi connectivity index (χ1) is 6.36. The molecule has 1 saturated heterocycles. The maximum Gasteiger partial charge on any atom is 0.145 e. The molecule has 4 nitrogen and oxygen atoms in total. The van der Waals surface area contributed by atoms with Crippen molar-refractivity contribution in [2.45, 2.75) is 12.8 Å². The summed E-state index contributed by atoms with van der Waals surface area (Å²) >= 11 is 0. The van der Waals surface area contributed by atoms with Crippen molar-refractivity contribution in [3.63, 3.8) is 0 Å². The molecule has 0 aliphatic carbocycles. The van der Waals surface area contributed by atoms with Gasteiger partial charge in [0.2, 0.25) is 0 Å². The molecule has 1 aromatic rings. The van der Waals surface area contributed by atoms with Crippen LogP contribution in [0.4, 0.5) is 0 Å². The fourth-order valence-electron chi connectivity index (χ4n) is 1.49. The molecule has 70 valence electrons. The van der Waals surface area contributed by atoms with Gasteiger partial charge in [-0.1, -0.05) is 0 Å². The first-order valence-corrected chi connectivity index (χ1v) is 4.45. The van der Waals surface area contributed by atoms with Crippen LogP contribution in [0.15, 0.2) is 12.4 Å². The third-order valence-electron chi connectivity index (χ3n) is 2.28. The molecular formula is C9H12N2O2. The Bertz CT molecular complexity index is 276. The Kier molecular flexibility index (Phi) is 2.40. The second-order valence-corrected chi connectivity index (χ2v) is 3.24. The lowest BCUT2D eigenvalue weighted by molar-refractivity contribution is -0.122. The van der Waals surface area contributed by atoms with E-state index in [1.807, 2.05) is 0 Å². The minimum Gasteiger partial charge on any atom is -0.381 e. The van der Waals surface area contributed by atoms with Gasteiger partial charge in [-0.25, -0.2) is 4.98 Å². The number of carbonyl (C=O) groups is 1. The molecule has 0 aromatic carbocycles. The molecule has 1 atom stereocenters. The monoisotopic (exact) mass is 180 g/mol. The van der Waals surface area contributed by atoms with Crippen LogP contribution >= 0.6 is 0 Å². The van der Waals surface area contributed by atoms with Crippen molar-refractivity contribution in [2.75, 3.05) is 13.2 Å². The van der Waals surface area contributed by atoms with Gasteiger partial charge in [-0.3, -0.25) is 4.79 Å². The lowest BCUT2D eigenvalue weighted by atomic mass is 10.0. The molecule has 0 radical (unpaired) electrons. The maximum atomic E-state index is 11.6. The number of aromatic amines is 1. The Hall–Kier alpha value is -1.16. The van der Waals surface area contributed by atoms with E-state index in [0.717, 1.165) is 12.2 Å². The van der Waals surface area contributed by atoms with Crippen LogP contribution in [0.5, 0.6) is 0 Å². The fraction of sp³-hybridized carbons (Fsp3) is 0.556. The number of ketones is 1. The Morgan fingerprint density at radius 1 is 1.77 bits per heavy atom. The molecule has 0 spiro atoms. The number of Topliss-reactive ketones (excluding diaryl/α,β-unsaturated/α-hetero) is 1. The highest BCUT2D eigenvalue weighted by Gasteiger charge is 2.23. The predicted molar refractivity (Wildman–Crippen MR) is 46.2 cm³/mol. The van der Waals surface area contributed by atoms with Crippen molar-refractivity contribution in [3.05, 3.63) is 18.2 Å². The lowest BCUT2D eigenvalue weighted by Crippen LogP contribution is -2.17. The smallest absolute Gasteiger partial charge is 0.145 e. The molecule has 1 unspecified atom stereocenters. The summed E-state index contributed by atoms with van der Waals surface area (Å²) in [5.41, 5.74) is 0. The molecule has 0 amide bonds. The molecule has 4 heteroatoms. The van der Waals surface area contributed by atoms with Gasteiger partial charge < -0.3 is 9.72 Å². The summed E-state index contributed by atoms with van der Waals surface area (Å²) in [6, 6.07) is 0. The molecule has 0 bridgehead atoms. The third kappa shape index (κ3) is 1.95. The average Bonchev–Trinajstić information content (AvgIpc) is 2.74. The van der Waals surface area contributed by atoms with E-state index in [4.69, 9.17) is 4.74 Å². The summed E-state index contributed by atoms with van der Waals surface area (Å²) in [6.07, 6.45) is 4.65. The quantitative estimate of drug-likeness (QED) is 0.739. The van der Waals surface area contributed by atoms with Crippen molar-refractivity contribution in [3.8, 4) is 0 Å².